The predicted molar refractivity (Wildman–Crippen MR) is 120 cm³/mol. The highest BCUT2D eigenvalue weighted by molar-refractivity contribution is 8.18. The van der Waals surface area contributed by atoms with E-state index in [0.29, 0.717) is 22.3 Å². The van der Waals surface area contributed by atoms with Crippen LogP contribution < -0.4 is 4.18 Å². The summed E-state index contributed by atoms with van der Waals surface area (Å²) in [6.45, 7) is 1.26. The molecule has 0 radical (unpaired) electrons. The zero-order valence-corrected chi connectivity index (χ0v) is 19.6. The van der Waals surface area contributed by atoms with Gasteiger partial charge in [-0.15, -0.1) is 0 Å². The Hall–Kier alpha value is -2.53. The fourth-order valence-electron chi connectivity index (χ4n) is 2.57. The summed E-state index contributed by atoms with van der Waals surface area (Å²) in [5.74, 6) is -1.45. The normalized spacial score (nSPS) is 15.3. The lowest BCUT2D eigenvalue weighted by Crippen LogP contribution is -2.34. The van der Waals surface area contributed by atoms with E-state index in [0.717, 1.165) is 4.90 Å². The fourth-order valence-corrected chi connectivity index (χ4v) is 4.75. The van der Waals surface area contributed by atoms with Crippen molar-refractivity contribution in [3.8, 4) is 5.75 Å². The molecule has 2 amide bonds. The van der Waals surface area contributed by atoms with Gasteiger partial charge >= 0.3 is 16.1 Å². The highest BCUT2D eigenvalue weighted by atomic mass is 35.5. The van der Waals surface area contributed by atoms with Crippen LogP contribution in [-0.2, 0) is 24.4 Å². The number of ether oxygens (including phenoxy) is 1. The van der Waals surface area contributed by atoms with Crippen LogP contribution in [-0.4, -0.2) is 43.6 Å². The number of thioether (sulfide) groups is 1. The van der Waals surface area contributed by atoms with E-state index in [4.69, 9.17) is 32.1 Å². The van der Waals surface area contributed by atoms with Crippen molar-refractivity contribution in [1.82, 2.24) is 4.90 Å². The largest absolute Gasteiger partial charge is 0.465 e. The van der Waals surface area contributed by atoms with Crippen LogP contribution in [0.1, 0.15) is 12.5 Å². The first kappa shape index (κ1) is 24.1. The van der Waals surface area contributed by atoms with Gasteiger partial charge in [0, 0.05) is 5.02 Å². The number of hydrogen-bond donors (Lipinski definition) is 0. The van der Waals surface area contributed by atoms with Crippen LogP contribution in [0.2, 0.25) is 10.0 Å². The number of amides is 2. The number of nitrogens with zero attached hydrogens (tertiary/aromatic N) is 1. The molecule has 0 spiro atoms. The summed E-state index contributed by atoms with van der Waals surface area (Å²) < 4.78 is 34.7. The summed E-state index contributed by atoms with van der Waals surface area (Å²) in [6.07, 6.45) is 1.40. The van der Waals surface area contributed by atoms with Gasteiger partial charge in [-0.2, -0.15) is 8.42 Å². The molecular formula is C20H15Cl2NO7S2. The Bertz CT molecular complexity index is 1210. The third-order valence-electron chi connectivity index (χ3n) is 4.02. The van der Waals surface area contributed by atoms with E-state index in [1.54, 1.807) is 6.92 Å². The highest BCUT2D eigenvalue weighted by Crippen LogP contribution is 2.34. The Balaban J connectivity index is 1.77. The van der Waals surface area contributed by atoms with Gasteiger partial charge in [-0.05, 0) is 66.7 Å². The van der Waals surface area contributed by atoms with Gasteiger partial charge in [0.05, 0.1) is 16.5 Å². The molecule has 1 aliphatic heterocycles. The number of benzene rings is 2. The molecule has 32 heavy (non-hydrogen) atoms. The maximum atomic E-state index is 12.4. The molecule has 8 nitrogen and oxygen atoms in total. The van der Waals surface area contributed by atoms with Gasteiger partial charge in [-0.1, -0.05) is 29.3 Å². The van der Waals surface area contributed by atoms with Crippen LogP contribution in [0, 0.1) is 0 Å². The topological polar surface area (TPSA) is 107 Å². The summed E-state index contributed by atoms with van der Waals surface area (Å²) in [7, 11) is -4.14. The summed E-state index contributed by atoms with van der Waals surface area (Å²) in [5, 5.41) is -0.255. The zero-order chi connectivity index (χ0) is 23.5. The van der Waals surface area contributed by atoms with Crippen LogP contribution >= 0.6 is 35.0 Å². The molecule has 168 valence electrons. The first-order valence-corrected chi connectivity index (χ1v) is 12.0. The number of carbonyl (C=O) groups excluding carboxylic acids is 3. The van der Waals surface area contributed by atoms with Crippen LogP contribution in [0.4, 0.5) is 4.79 Å². The average molecular weight is 516 g/mol. The number of rotatable bonds is 7. The minimum atomic E-state index is -4.14. The molecule has 2 aromatic rings. The molecule has 0 aromatic heterocycles. The molecule has 0 unspecified atom stereocenters. The molecule has 12 heteroatoms. The second-order valence-corrected chi connectivity index (χ2v) is 9.64. The van der Waals surface area contributed by atoms with E-state index in [-0.39, 0.29) is 27.2 Å². The molecular weight excluding hydrogens is 501 g/mol. The molecule has 0 bridgehead atoms. The smallest absolute Gasteiger partial charge is 0.339 e. The quantitative estimate of drug-likeness (QED) is 0.304. The van der Waals surface area contributed by atoms with Gasteiger partial charge in [0.25, 0.3) is 11.1 Å². The molecule has 1 aliphatic rings. The van der Waals surface area contributed by atoms with Crippen LogP contribution in [0.5, 0.6) is 5.75 Å². The molecule has 1 fully saturated rings. The summed E-state index contributed by atoms with van der Waals surface area (Å²) in [6, 6.07) is 9.60. The maximum absolute atomic E-state index is 12.4. The first-order valence-electron chi connectivity index (χ1n) is 9.01. The minimum absolute atomic E-state index is 0.0259. The zero-order valence-electron chi connectivity index (χ0n) is 16.4. The molecule has 0 N–H and O–H groups in total. The SMILES string of the molecule is CCOC(=O)CN1C(=O)S/C(=C\c2ccc(OS(=O)(=O)c3ccc(Cl)cc3)c(Cl)c2)C1=O. The standard InChI is InChI=1S/C20H15Cl2NO7S2/c1-2-29-18(24)11-23-19(25)17(31-20(23)26)10-12-3-8-16(15(22)9-12)30-32(27,28)14-6-4-13(21)5-7-14/h3-10H,2,11H2,1H3/b17-10-. The number of esters is 1. The van der Waals surface area contributed by atoms with Crippen molar-refractivity contribution in [2.75, 3.05) is 13.2 Å². The van der Waals surface area contributed by atoms with E-state index in [1.165, 1.54) is 48.5 Å². The van der Waals surface area contributed by atoms with Gasteiger partial charge < -0.3 is 8.92 Å². The van der Waals surface area contributed by atoms with E-state index >= 15 is 0 Å². The van der Waals surface area contributed by atoms with Crippen LogP contribution in [0.15, 0.2) is 52.3 Å². The maximum Gasteiger partial charge on any atom is 0.339 e. The summed E-state index contributed by atoms with van der Waals surface area (Å²) in [5.41, 5.74) is 0.424. The summed E-state index contributed by atoms with van der Waals surface area (Å²) >= 11 is 12.6. The molecule has 2 aromatic carbocycles. The Labute approximate surface area is 198 Å². The van der Waals surface area contributed by atoms with Crippen molar-refractivity contribution in [1.29, 1.82) is 0 Å². The molecule has 3 rings (SSSR count). The number of hydrogen-bond acceptors (Lipinski definition) is 8. The van der Waals surface area contributed by atoms with Crippen molar-refractivity contribution in [2.45, 2.75) is 11.8 Å². The van der Waals surface area contributed by atoms with Gasteiger partial charge in [-0.25, -0.2) is 0 Å². The molecule has 0 atom stereocenters. The van der Waals surface area contributed by atoms with Gasteiger partial charge in [0.15, 0.2) is 5.75 Å². The van der Waals surface area contributed by atoms with E-state index < -0.39 is 33.8 Å². The molecule has 1 heterocycles. The number of imide groups is 1. The second kappa shape index (κ2) is 9.95. The number of halogens is 2. The van der Waals surface area contributed by atoms with Crippen molar-refractivity contribution < 1.29 is 31.7 Å². The van der Waals surface area contributed by atoms with E-state index in [9.17, 15) is 22.8 Å². The monoisotopic (exact) mass is 515 g/mol. The van der Waals surface area contributed by atoms with Crippen LogP contribution in [0.25, 0.3) is 6.08 Å². The highest BCUT2D eigenvalue weighted by Gasteiger charge is 2.36. The Kier molecular flexibility index (Phi) is 7.50. The lowest BCUT2D eigenvalue weighted by atomic mass is 10.2. The number of carbonyl (C=O) groups is 3. The van der Waals surface area contributed by atoms with E-state index in [2.05, 4.69) is 0 Å². The van der Waals surface area contributed by atoms with Crippen molar-refractivity contribution in [3.05, 3.63) is 63.0 Å². The third-order valence-corrected chi connectivity index (χ3v) is 6.72. The lowest BCUT2D eigenvalue weighted by Gasteiger charge is -2.11. The first-order chi connectivity index (χ1) is 15.1. The third kappa shape index (κ3) is 5.63. The van der Waals surface area contributed by atoms with Crippen molar-refractivity contribution >= 4 is 68.3 Å². The van der Waals surface area contributed by atoms with Crippen molar-refractivity contribution in [3.63, 3.8) is 0 Å². The predicted octanol–water partition coefficient (Wildman–Crippen LogP) is 4.36. The van der Waals surface area contributed by atoms with Gasteiger partial charge in [0.2, 0.25) is 0 Å². The lowest BCUT2D eigenvalue weighted by molar-refractivity contribution is -0.145. The van der Waals surface area contributed by atoms with Crippen molar-refractivity contribution in [2.24, 2.45) is 0 Å². The average Bonchev–Trinajstić information content (AvgIpc) is 2.98. The minimum Gasteiger partial charge on any atom is -0.465 e. The van der Waals surface area contributed by atoms with Crippen LogP contribution in [0.3, 0.4) is 0 Å². The Morgan fingerprint density at radius 3 is 2.44 bits per heavy atom. The second-order valence-electron chi connectivity index (χ2n) is 6.25. The fraction of sp³-hybridized carbons (Fsp3) is 0.150. The Morgan fingerprint density at radius 1 is 1.12 bits per heavy atom. The van der Waals surface area contributed by atoms with Gasteiger partial charge in [-0.3, -0.25) is 19.3 Å². The van der Waals surface area contributed by atoms with E-state index in [1.807, 2.05) is 0 Å². The molecule has 1 saturated heterocycles. The van der Waals surface area contributed by atoms with Gasteiger partial charge in [0.1, 0.15) is 11.4 Å². The molecule has 0 aliphatic carbocycles. The molecule has 0 saturated carbocycles. The Morgan fingerprint density at radius 2 is 1.81 bits per heavy atom. The summed E-state index contributed by atoms with van der Waals surface area (Å²) in [4.78, 5) is 36.9.